The molecule has 1 saturated heterocycles. The molecule has 2 aliphatic heterocycles. The smallest absolute Gasteiger partial charge is 0.341 e. The molecule has 1 fully saturated rings. The number of nitrogens with zero attached hydrogens (tertiary/aromatic N) is 1. The first-order valence-electron chi connectivity index (χ1n) is 10.8. The molecule has 33 heavy (non-hydrogen) atoms. The third kappa shape index (κ3) is 4.42. The molecule has 2 aromatic rings. The first-order chi connectivity index (χ1) is 15.7. The highest BCUT2D eigenvalue weighted by molar-refractivity contribution is 7.89. The van der Waals surface area contributed by atoms with Crippen LogP contribution in [0.15, 0.2) is 23.1 Å². The van der Waals surface area contributed by atoms with E-state index in [9.17, 15) is 18.0 Å². The number of hydrogen-bond donors (Lipinski definition) is 2. The summed E-state index contributed by atoms with van der Waals surface area (Å²) in [6, 6.07) is 5.10. The molecular weight excluding hydrogens is 450 g/mol. The summed E-state index contributed by atoms with van der Waals surface area (Å²) in [5.41, 5.74) is 1.35. The lowest BCUT2D eigenvalue weighted by atomic mass is 9.98. The Morgan fingerprint density at radius 1 is 1.21 bits per heavy atom. The molecule has 0 spiro atoms. The number of esters is 1. The van der Waals surface area contributed by atoms with Crippen molar-refractivity contribution in [1.29, 1.82) is 0 Å². The third-order valence-electron chi connectivity index (χ3n) is 5.79. The SMILES string of the molecule is CCOC(=O)c1c(C)[nH]c(C)c1S(=O)(=O)N1CCCC(C(=O)Nc2ccc3c(c2)OCO3)C1. The van der Waals surface area contributed by atoms with Crippen molar-refractivity contribution >= 4 is 27.6 Å². The molecule has 4 rings (SSSR count). The van der Waals surface area contributed by atoms with Crippen molar-refractivity contribution in [2.45, 2.75) is 38.5 Å². The zero-order valence-electron chi connectivity index (χ0n) is 18.8. The molecule has 0 bridgehead atoms. The number of amides is 1. The fourth-order valence-electron chi connectivity index (χ4n) is 4.25. The van der Waals surface area contributed by atoms with Crippen LogP contribution in [0.5, 0.6) is 11.5 Å². The number of sulfonamides is 1. The summed E-state index contributed by atoms with van der Waals surface area (Å²) < 4.78 is 44.1. The number of carbonyl (C=O) groups excluding carboxylic acids is 2. The van der Waals surface area contributed by atoms with E-state index in [0.717, 1.165) is 0 Å². The molecule has 10 nitrogen and oxygen atoms in total. The van der Waals surface area contributed by atoms with Crippen molar-refractivity contribution in [1.82, 2.24) is 9.29 Å². The lowest BCUT2D eigenvalue weighted by Crippen LogP contribution is -2.44. The molecule has 178 valence electrons. The molecule has 1 aromatic heterocycles. The second-order valence-corrected chi connectivity index (χ2v) is 9.93. The number of aromatic amines is 1. The van der Waals surface area contributed by atoms with Crippen LogP contribution in [0.3, 0.4) is 0 Å². The molecule has 2 N–H and O–H groups in total. The topological polar surface area (TPSA) is 127 Å². The van der Waals surface area contributed by atoms with Crippen LogP contribution in [0, 0.1) is 19.8 Å². The molecule has 0 aliphatic carbocycles. The predicted octanol–water partition coefficient (Wildman–Crippen LogP) is 2.58. The van der Waals surface area contributed by atoms with E-state index in [4.69, 9.17) is 14.2 Å². The minimum absolute atomic E-state index is 0.0151. The number of aromatic nitrogens is 1. The summed E-state index contributed by atoms with van der Waals surface area (Å²) in [4.78, 5) is 28.3. The fourth-order valence-corrected chi connectivity index (χ4v) is 6.19. The normalized spacial score (nSPS) is 18.2. The van der Waals surface area contributed by atoms with E-state index in [1.54, 1.807) is 39.0 Å². The van der Waals surface area contributed by atoms with Crippen LogP contribution in [0.1, 0.15) is 41.5 Å². The van der Waals surface area contributed by atoms with Gasteiger partial charge in [0.1, 0.15) is 10.5 Å². The monoisotopic (exact) mass is 477 g/mol. The number of fused-ring (bicyclic) bond motifs is 1. The molecule has 1 atom stereocenters. The Balaban J connectivity index is 1.53. The quantitative estimate of drug-likeness (QED) is 0.612. The number of ether oxygens (including phenoxy) is 3. The van der Waals surface area contributed by atoms with E-state index >= 15 is 0 Å². The number of carbonyl (C=O) groups is 2. The number of piperidine rings is 1. The Morgan fingerprint density at radius 3 is 2.73 bits per heavy atom. The van der Waals surface area contributed by atoms with Crippen molar-refractivity contribution < 1.29 is 32.2 Å². The van der Waals surface area contributed by atoms with Crippen molar-refractivity contribution in [3.05, 3.63) is 35.2 Å². The molecule has 1 amide bonds. The van der Waals surface area contributed by atoms with Gasteiger partial charge in [-0.15, -0.1) is 0 Å². The average molecular weight is 478 g/mol. The van der Waals surface area contributed by atoms with Gasteiger partial charge in [0.15, 0.2) is 11.5 Å². The number of benzene rings is 1. The number of nitrogens with one attached hydrogen (secondary N) is 2. The van der Waals surface area contributed by atoms with Gasteiger partial charge in [-0.2, -0.15) is 4.31 Å². The van der Waals surface area contributed by atoms with Crippen LogP contribution in [0.4, 0.5) is 5.69 Å². The Labute approximate surface area is 192 Å². The van der Waals surface area contributed by atoms with E-state index in [2.05, 4.69) is 10.3 Å². The van der Waals surface area contributed by atoms with Gasteiger partial charge < -0.3 is 24.5 Å². The zero-order chi connectivity index (χ0) is 23.8. The number of aryl methyl sites for hydroxylation is 2. The van der Waals surface area contributed by atoms with Gasteiger partial charge in [0, 0.05) is 36.2 Å². The van der Waals surface area contributed by atoms with Gasteiger partial charge in [-0.3, -0.25) is 4.79 Å². The maximum Gasteiger partial charge on any atom is 0.341 e. The predicted molar refractivity (Wildman–Crippen MR) is 119 cm³/mol. The average Bonchev–Trinajstić information content (AvgIpc) is 3.37. The van der Waals surface area contributed by atoms with Crippen LogP contribution in [-0.4, -0.2) is 56.1 Å². The van der Waals surface area contributed by atoms with Gasteiger partial charge in [0.25, 0.3) is 0 Å². The summed E-state index contributed by atoms with van der Waals surface area (Å²) in [6.45, 7) is 5.45. The molecule has 11 heteroatoms. The van der Waals surface area contributed by atoms with E-state index in [-0.39, 0.29) is 42.9 Å². The summed E-state index contributed by atoms with van der Waals surface area (Å²) in [5, 5.41) is 2.84. The van der Waals surface area contributed by atoms with Gasteiger partial charge in [-0.25, -0.2) is 13.2 Å². The number of anilines is 1. The van der Waals surface area contributed by atoms with Gasteiger partial charge in [0.2, 0.25) is 22.7 Å². The second-order valence-electron chi connectivity index (χ2n) is 8.06. The van der Waals surface area contributed by atoms with Crippen LogP contribution in [0.2, 0.25) is 0 Å². The van der Waals surface area contributed by atoms with Crippen LogP contribution in [0.25, 0.3) is 0 Å². The Kier molecular flexibility index (Phi) is 6.35. The maximum absolute atomic E-state index is 13.5. The van der Waals surface area contributed by atoms with Crippen LogP contribution >= 0.6 is 0 Å². The Bertz CT molecular complexity index is 1190. The van der Waals surface area contributed by atoms with E-state index < -0.39 is 21.9 Å². The standard InChI is InChI=1S/C22H27N3O7S/c1-4-30-22(27)19-13(2)23-14(3)20(19)33(28,29)25-9-5-6-15(11-25)21(26)24-16-7-8-17-18(10-16)32-12-31-17/h7-8,10,15,23H,4-6,9,11-12H2,1-3H3,(H,24,26). The van der Waals surface area contributed by atoms with E-state index in [1.807, 2.05) is 0 Å². The molecule has 0 saturated carbocycles. The second kappa shape index (κ2) is 9.06. The van der Waals surface area contributed by atoms with E-state index in [0.29, 0.717) is 41.4 Å². The van der Waals surface area contributed by atoms with Crippen LogP contribution < -0.4 is 14.8 Å². The molecule has 1 aromatic carbocycles. The first kappa shape index (κ1) is 23.1. The fraction of sp³-hybridized carbons (Fsp3) is 0.455. The minimum atomic E-state index is -4.03. The zero-order valence-corrected chi connectivity index (χ0v) is 19.6. The molecule has 3 heterocycles. The van der Waals surface area contributed by atoms with Gasteiger partial charge in [-0.05, 0) is 45.7 Å². The molecule has 2 aliphatic rings. The molecule has 1 unspecified atom stereocenters. The largest absolute Gasteiger partial charge is 0.462 e. The lowest BCUT2D eigenvalue weighted by Gasteiger charge is -2.31. The lowest BCUT2D eigenvalue weighted by molar-refractivity contribution is -0.120. The third-order valence-corrected chi connectivity index (χ3v) is 7.83. The number of hydrogen-bond acceptors (Lipinski definition) is 7. The summed E-state index contributed by atoms with van der Waals surface area (Å²) in [6.07, 6.45) is 1.08. The number of rotatable bonds is 6. The maximum atomic E-state index is 13.5. The van der Waals surface area contributed by atoms with E-state index in [1.165, 1.54) is 4.31 Å². The first-order valence-corrected chi connectivity index (χ1v) is 12.2. The van der Waals surface area contributed by atoms with Crippen molar-refractivity contribution in [2.75, 3.05) is 31.8 Å². The van der Waals surface area contributed by atoms with Crippen molar-refractivity contribution in [3.8, 4) is 11.5 Å². The Hall–Kier alpha value is -3.05. The highest BCUT2D eigenvalue weighted by Gasteiger charge is 2.38. The molecular formula is C22H27N3O7S. The Morgan fingerprint density at radius 2 is 1.97 bits per heavy atom. The van der Waals surface area contributed by atoms with Crippen LogP contribution in [-0.2, 0) is 19.6 Å². The van der Waals surface area contributed by atoms with Gasteiger partial charge >= 0.3 is 5.97 Å². The molecule has 0 radical (unpaired) electrons. The highest BCUT2D eigenvalue weighted by Crippen LogP contribution is 2.35. The highest BCUT2D eigenvalue weighted by atomic mass is 32.2. The van der Waals surface area contributed by atoms with Gasteiger partial charge in [-0.1, -0.05) is 0 Å². The summed E-state index contributed by atoms with van der Waals surface area (Å²) >= 11 is 0. The van der Waals surface area contributed by atoms with Crippen molar-refractivity contribution in [2.24, 2.45) is 5.92 Å². The summed E-state index contributed by atoms with van der Waals surface area (Å²) in [5.74, 6) is -0.346. The summed E-state index contributed by atoms with van der Waals surface area (Å²) in [7, 11) is -4.03. The van der Waals surface area contributed by atoms with Crippen molar-refractivity contribution in [3.63, 3.8) is 0 Å². The minimum Gasteiger partial charge on any atom is -0.462 e. The van der Waals surface area contributed by atoms with Gasteiger partial charge in [0.05, 0.1) is 12.5 Å². The number of H-pyrrole nitrogens is 1.